The Balaban J connectivity index is 2.97. The first-order valence-corrected chi connectivity index (χ1v) is 5.44. The van der Waals surface area contributed by atoms with Crippen LogP contribution in [-0.4, -0.2) is 23.6 Å². The number of cyclic esters (lactones) is 1. The van der Waals surface area contributed by atoms with Crippen LogP contribution in [0.25, 0.3) is 0 Å². The number of hydrogen-bond donors (Lipinski definition) is 0. The summed E-state index contributed by atoms with van der Waals surface area (Å²) in [7, 11) is 0. The summed E-state index contributed by atoms with van der Waals surface area (Å²) >= 11 is 0. The first-order chi connectivity index (χ1) is 7.35. The maximum absolute atomic E-state index is 11.6. The molecule has 90 valence electrons. The summed E-state index contributed by atoms with van der Waals surface area (Å²) in [6.45, 7) is 10.5. The maximum atomic E-state index is 11.6. The second kappa shape index (κ2) is 4.28. The van der Waals surface area contributed by atoms with E-state index in [1.165, 1.54) is 0 Å². The predicted molar refractivity (Wildman–Crippen MR) is 58.6 cm³/mol. The normalized spacial score (nSPS) is 33.4. The summed E-state index contributed by atoms with van der Waals surface area (Å²) in [5, 5.41) is 0. The summed E-state index contributed by atoms with van der Waals surface area (Å²) in [4.78, 5) is 23.0. The van der Waals surface area contributed by atoms with Crippen molar-refractivity contribution in [1.29, 1.82) is 0 Å². The van der Waals surface area contributed by atoms with E-state index in [2.05, 4.69) is 6.58 Å². The zero-order valence-corrected chi connectivity index (χ0v) is 10.2. The van der Waals surface area contributed by atoms with Crippen molar-refractivity contribution in [2.24, 2.45) is 5.92 Å². The molecule has 0 aliphatic carbocycles. The van der Waals surface area contributed by atoms with E-state index >= 15 is 0 Å². The summed E-state index contributed by atoms with van der Waals surface area (Å²) in [5.74, 6) is -1.22. The summed E-state index contributed by atoms with van der Waals surface area (Å²) in [6, 6.07) is 0. The van der Waals surface area contributed by atoms with E-state index in [0.717, 1.165) is 0 Å². The topological polar surface area (TPSA) is 52.6 Å². The van der Waals surface area contributed by atoms with Gasteiger partial charge in [-0.1, -0.05) is 13.5 Å². The van der Waals surface area contributed by atoms with Crippen molar-refractivity contribution in [3.05, 3.63) is 12.2 Å². The van der Waals surface area contributed by atoms with E-state index in [-0.39, 0.29) is 5.97 Å². The van der Waals surface area contributed by atoms with Crippen LogP contribution in [-0.2, 0) is 19.1 Å². The Morgan fingerprint density at radius 3 is 2.44 bits per heavy atom. The van der Waals surface area contributed by atoms with Crippen molar-refractivity contribution in [2.75, 3.05) is 0 Å². The third-order valence-electron chi connectivity index (χ3n) is 3.25. The first kappa shape index (κ1) is 12.7. The lowest BCUT2D eigenvalue weighted by atomic mass is 9.84. The van der Waals surface area contributed by atoms with E-state index in [0.29, 0.717) is 12.0 Å². The van der Waals surface area contributed by atoms with Crippen LogP contribution in [0.1, 0.15) is 34.1 Å². The van der Waals surface area contributed by atoms with E-state index in [1.807, 2.05) is 6.92 Å². The van der Waals surface area contributed by atoms with Crippen LogP contribution in [0.2, 0.25) is 0 Å². The summed E-state index contributed by atoms with van der Waals surface area (Å²) in [5.41, 5.74) is -0.529. The van der Waals surface area contributed by atoms with Gasteiger partial charge in [0.1, 0.15) is 6.10 Å². The van der Waals surface area contributed by atoms with Crippen LogP contribution < -0.4 is 0 Å². The fraction of sp³-hybridized carbons (Fsp3) is 0.667. The average Bonchev–Trinajstić information content (AvgIpc) is 2.42. The van der Waals surface area contributed by atoms with Crippen LogP contribution in [0.3, 0.4) is 0 Å². The van der Waals surface area contributed by atoms with Crippen LogP contribution in [0.4, 0.5) is 0 Å². The Hall–Kier alpha value is -1.32. The second-order valence-electron chi connectivity index (χ2n) is 4.28. The molecule has 0 N–H and O–H groups in total. The van der Waals surface area contributed by atoms with Crippen LogP contribution in [0.5, 0.6) is 0 Å². The van der Waals surface area contributed by atoms with Gasteiger partial charge in [0.25, 0.3) is 0 Å². The number of rotatable bonds is 3. The van der Waals surface area contributed by atoms with Crippen LogP contribution in [0.15, 0.2) is 12.2 Å². The Kier molecular flexibility index (Phi) is 3.41. The predicted octanol–water partition coefficient (Wildman–Crippen LogP) is 1.84. The molecule has 3 unspecified atom stereocenters. The molecule has 0 aromatic rings. The number of carbonyl (C=O) groups excluding carboxylic acids is 2. The molecule has 1 aliphatic rings. The van der Waals surface area contributed by atoms with Gasteiger partial charge in [0.15, 0.2) is 5.60 Å². The molecule has 16 heavy (non-hydrogen) atoms. The van der Waals surface area contributed by atoms with Crippen molar-refractivity contribution < 1.29 is 19.1 Å². The summed E-state index contributed by atoms with van der Waals surface area (Å²) < 4.78 is 10.5. The number of carbonyl (C=O) groups is 2. The zero-order chi connectivity index (χ0) is 12.5. The Labute approximate surface area is 95.6 Å². The standard InChI is InChI=1S/C12H18O4/c1-6-12(16-10(13)7(2)3)8(4)11(14)15-9(12)5/h8-9H,2,6H2,1,3-5H3. The molecule has 1 fully saturated rings. The average molecular weight is 226 g/mol. The fourth-order valence-corrected chi connectivity index (χ4v) is 2.02. The highest BCUT2D eigenvalue weighted by Gasteiger charge is 2.55. The molecular formula is C12H18O4. The van der Waals surface area contributed by atoms with Gasteiger partial charge in [0, 0.05) is 5.57 Å². The molecule has 1 saturated heterocycles. The van der Waals surface area contributed by atoms with Gasteiger partial charge in [-0.3, -0.25) is 4.79 Å². The maximum Gasteiger partial charge on any atom is 0.333 e. The van der Waals surface area contributed by atoms with Gasteiger partial charge >= 0.3 is 11.9 Å². The molecular weight excluding hydrogens is 208 g/mol. The molecule has 1 heterocycles. The number of hydrogen-bond acceptors (Lipinski definition) is 4. The van der Waals surface area contributed by atoms with Crippen molar-refractivity contribution in [2.45, 2.75) is 45.8 Å². The molecule has 1 aliphatic heterocycles. The van der Waals surface area contributed by atoms with Gasteiger partial charge in [-0.15, -0.1) is 0 Å². The van der Waals surface area contributed by atoms with Gasteiger partial charge in [-0.05, 0) is 27.2 Å². The Morgan fingerprint density at radius 1 is 1.56 bits per heavy atom. The van der Waals surface area contributed by atoms with E-state index in [1.54, 1.807) is 20.8 Å². The van der Waals surface area contributed by atoms with Gasteiger partial charge < -0.3 is 9.47 Å². The van der Waals surface area contributed by atoms with Crippen molar-refractivity contribution in [3.63, 3.8) is 0 Å². The second-order valence-corrected chi connectivity index (χ2v) is 4.28. The lowest BCUT2D eigenvalue weighted by Crippen LogP contribution is -2.45. The molecule has 4 heteroatoms. The van der Waals surface area contributed by atoms with Crippen molar-refractivity contribution in [3.8, 4) is 0 Å². The number of esters is 2. The van der Waals surface area contributed by atoms with Gasteiger partial charge in [0.05, 0.1) is 5.92 Å². The Morgan fingerprint density at radius 2 is 2.12 bits per heavy atom. The van der Waals surface area contributed by atoms with Gasteiger partial charge in [0.2, 0.25) is 0 Å². The third-order valence-corrected chi connectivity index (χ3v) is 3.25. The molecule has 0 aromatic carbocycles. The van der Waals surface area contributed by atoms with Gasteiger partial charge in [-0.2, -0.15) is 0 Å². The molecule has 4 nitrogen and oxygen atoms in total. The number of ether oxygens (including phenoxy) is 2. The lowest BCUT2D eigenvalue weighted by molar-refractivity contribution is -0.164. The molecule has 0 aromatic heterocycles. The largest absolute Gasteiger partial charge is 0.458 e. The zero-order valence-electron chi connectivity index (χ0n) is 10.2. The van der Waals surface area contributed by atoms with Gasteiger partial charge in [-0.25, -0.2) is 4.79 Å². The highest BCUT2D eigenvalue weighted by Crippen LogP contribution is 2.39. The fourth-order valence-electron chi connectivity index (χ4n) is 2.02. The highest BCUT2D eigenvalue weighted by atomic mass is 16.6. The molecule has 0 spiro atoms. The molecule has 3 atom stereocenters. The molecule has 0 saturated carbocycles. The summed E-state index contributed by atoms with van der Waals surface area (Å²) in [6.07, 6.45) is 0.128. The SMILES string of the molecule is C=C(C)C(=O)OC1(CC)C(C)OC(=O)C1C. The quantitative estimate of drug-likeness (QED) is 0.544. The smallest absolute Gasteiger partial charge is 0.333 e. The molecule has 0 amide bonds. The minimum Gasteiger partial charge on any atom is -0.458 e. The van der Waals surface area contributed by atoms with Crippen LogP contribution in [0, 0.1) is 5.92 Å². The monoisotopic (exact) mass is 226 g/mol. The molecule has 0 bridgehead atoms. The van der Waals surface area contributed by atoms with E-state index in [9.17, 15) is 9.59 Å². The molecule has 1 rings (SSSR count). The van der Waals surface area contributed by atoms with E-state index < -0.39 is 23.6 Å². The molecule has 0 radical (unpaired) electrons. The highest BCUT2D eigenvalue weighted by molar-refractivity contribution is 5.88. The lowest BCUT2D eigenvalue weighted by Gasteiger charge is -2.32. The third kappa shape index (κ3) is 1.84. The minimum atomic E-state index is -0.854. The Bertz CT molecular complexity index is 334. The van der Waals surface area contributed by atoms with Crippen molar-refractivity contribution >= 4 is 11.9 Å². The minimum absolute atomic E-state index is 0.316. The first-order valence-electron chi connectivity index (χ1n) is 5.44. The van der Waals surface area contributed by atoms with Crippen LogP contribution >= 0.6 is 0 Å². The van der Waals surface area contributed by atoms with Crippen molar-refractivity contribution in [1.82, 2.24) is 0 Å². The van der Waals surface area contributed by atoms with E-state index in [4.69, 9.17) is 9.47 Å².